The van der Waals surface area contributed by atoms with Gasteiger partial charge in [-0.2, -0.15) is 5.26 Å². The van der Waals surface area contributed by atoms with Crippen LogP contribution >= 0.6 is 0 Å². The Hall–Kier alpha value is -1.53. The van der Waals surface area contributed by atoms with Crippen LogP contribution in [0.5, 0.6) is 0 Å². The third kappa shape index (κ3) is 2.11. The Bertz CT molecular complexity index is 403. The number of nitriles is 1. The molecule has 0 aromatic heterocycles. The zero-order valence-corrected chi connectivity index (χ0v) is 8.70. The van der Waals surface area contributed by atoms with E-state index in [0.717, 1.165) is 24.1 Å². The maximum absolute atomic E-state index is 9.17. The Morgan fingerprint density at radius 2 is 2.20 bits per heavy atom. The highest BCUT2D eigenvalue weighted by molar-refractivity contribution is 5.59. The average molecular weight is 202 g/mol. The molecule has 0 amide bonds. The summed E-state index contributed by atoms with van der Waals surface area (Å²) in [6.07, 6.45) is 1.38. The number of benzene rings is 1. The predicted octanol–water partition coefficient (Wildman–Crippen LogP) is 1.80. The molecule has 0 atom stereocenters. The van der Waals surface area contributed by atoms with Crippen LogP contribution in [-0.2, 0) is 0 Å². The number of aliphatic hydroxyl groups is 1. The van der Waals surface area contributed by atoms with E-state index in [1.54, 1.807) is 0 Å². The van der Waals surface area contributed by atoms with Crippen molar-refractivity contribution in [3.63, 3.8) is 0 Å². The summed E-state index contributed by atoms with van der Waals surface area (Å²) in [5, 5.41) is 21.4. The van der Waals surface area contributed by atoms with Gasteiger partial charge in [-0.1, -0.05) is 6.07 Å². The van der Waals surface area contributed by atoms with Gasteiger partial charge in [-0.3, -0.25) is 0 Å². The molecule has 1 fully saturated rings. The summed E-state index contributed by atoms with van der Waals surface area (Å²) in [5.74, 6) is 0. The first-order valence-corrected chi connectivity index (χ1v) is 5.14. The van der Waals surface area contributed by atoms with Crippen LogP contribution in [0.15, 0.2) is 18.2 Å². The lowest BCUT2D eigenvalue weighted by atomic mass is 9.89. The summed E-state index contributed by atoms with van der Waals surface area (Å²) < 4.78 is 0. The third-order valence-electron chi connectivity index (χ3n) is 2.77. The Balaban J connectivity index is 2.13. The minimum Gasteiger partial charge on any atom is -0.393 e. The lowest BCUT2D eigenvalue weighted by Gasteiger charge is -2.33. The lowest BCUT2D eigenvalue weighted by Crippen LogP contribution is -2.39. The standard InChI is InChI=1S/C12H14N2O/c1-8-2-3-9(7-13)12(4-8)14-10-5-11(15)6-10/h2-4,10-11,14-15H,5-6H2,1H3. The summed E-state index contributed by atoms with van der Waals surface area (Å²) in [5.41, 5.74) is 2.69. The second kappa shape index (κ2) is 3.92. The van der Waals surface area contributed by atoms with Crippen LogP contribution in [0.1, 0.15) is 24.0 Å². The fourth-order valence-electron chi connectivity index (χ4n) is 1.80. The van der Waals surface area contributed by atoms with E-state index in [1.807, 2.05) is 25.1 Å². The van der Waals surface area contributed by atoms with E-state index < -0.39 is 0 Å². The van der Waals surface area contributed by atoms with E-state index >= 15 is 0 Å². The largest absolute Gasteiger partial charge is 0.393 e. The molecule has 1 aliphatic carbocycles. The van der Waals surface area contributed by atoms with Gasteiger partial charge in [0.05, 0.1) is 17.4 Å². The van der Waals surface area contributed by atoms with E-state index in [9.17, 15) is 5.11 Å². The van der Waals surface area contributed by atoms with Crippen molar-refractivity contribution in [2.45, 2.75) is 31.9 Å². The van der Waals surface area contributed by atoms with Crippen molar-refractivity contribution in [1.29, 1.82) is 5.26 Å². The minimum atomic E-state index is -0.169. The SMILES string of the molecule is Cc1ccc(C#N)c(NC2CC(O)C2)c1. The van der Waals surface area contributed by atoms with Crippen molar-refractivity contribution >= 4 is 5.69 Å². The Morgan fingerprint density at radius 1 is 1.47 bits per heavy atom. The molecule has 3 heteroatoms. The van der Waals surface area contributed by atoms with Crippen molar-refractivity contribution in [2.24, 2.45) is 0 Å². The number of nitrogens with one attached hydrogen (secondary N) is 1. The Kier molecular flexibility index (Phi) is 2.61. The van der Waals surface area contributed by atoms with Crippen LogP contribution in [0, 0.1) is 18.3 Å². The van der Waals surface area contributed by atoms with Crippen LogP contribution in [-0.4, -0.2) is 17.3 Å². The monoisotopic (exact) mass is 202 g/mol. The summed E-state index contributed by atoms with van der Waals surface area (Å²) in [4.78, 5) is 0. The van der Waals surface area contributed by atoms with Gasteiger partial charge in [-0.05, 0) is 37.5 Å². The molecule has 2 rings (SSSR count). The van der Waals surface area contributed by atoms with Crippen LogP contribution in [0.4, 0.5) is 5.69 Å². The summed E-state index contributed by atoms with van der Waals surface area (Å²) >= 11 is 0. The fourth-order valence-corrected chi connectivity index (χ4v) is 1.80. The van der Waals surface area contributed by atoms with Gasteiger partial charge >= 0.3 is 0 Å². The van der Waals surface area contributed by atoms with Crippen molar-refractivity contribution in [3.05, 3.63) is 29.3 Å². The first-order chi connectivity index (χ1) is 7.19. The number of hydrogen-bond donors (Lipinski definition) is 2. The molecule has 15 heavy (non-hydrogen) atoms. The lowest BCUT2D eigenvalue weighted by molar-refractivity contribution is 0.0836. The molecule has 78 valence electrons. The number of nitrogens with zero attached hydrogens (tertiary/aromatic N) is 1. The van der Waals surface area contributed by atoms with E-state index in [0.29, 0.717) is 11.6 Å². The number of anilines is 1. The molecule has 0 spiro atoms. The molecule has 0 heterocycles. The number of hydrogen-bond acceptors (Lipinski definition) is 3. The molecule has 0 aliphatic heterocycles. The van der Waals surface area contributed by atoms with Crippen LogP contribution in [0.25, 0.3) is 0 Å². The third-order valence-corrected chi connectivity index (χ3v) is 2.77. The molecule has 0 saturated heterocycles. The highest BCUT2D eigenvalue weighted by Crippen LogP contribution is 2.26. The maximum Gasteiger partial charge on any atom is 0.101 e. The smallest absolute Gasteiger partial charge is 0.101 e. The van der Waals surface area contributed by atoms with Crippen LogP contribution < -0.4 is 5.32 Å². The van der Waals surface area contributed by atoms with Crippen molar-refractivity contribution in [1.82, 2.24) is 0 Å². The molecular weight excluding hydrogens is 188 g/mol. The van der Waals surface area contributed by atoms with Gasteiger partial charge in [0.15, 0.2) is 0 Å². The van der Waals surface area contributed by atoms with Crippen LogP contribution in [0.3, 0.4) is 0 Å². The van der Waals surface area contributed by atoms with Gasteiger partial charge in [0.25, 0.3) is 0 Å². The topological polar surface area (TPSA) is 56.0 Å². The Morgan fingerprint density at radius 3 is 2.80 bits per heavy atom. The molecular formula is C12H14N2O. The van der Waals surface area contributed by atoms with Gasteiger partial charge in [-0.25, -0.2) is 0 Å². The second-order valence-corrected chi connectivity index (χ2v) is 4.13. The molecule has 3 nitrogen and oxygen atoms in total. The number of aryl methyl sites for hydroxylation is 1. The molecule has 1 saturated carbocycles. The highest BCUT2D eigenvalue weighted by atomic mass is 16.3. The average Bonchev–Trinajstić information content (AvgIpc) is 2.16. The zero-order valence-electron chi connectivity index (χ0n) is 8.70. The summed E-state index contributed by atoms with van der Waals surface area (Å²) in [7, 11) is 0. The molecule has 1 aromatic carbocycles. The van der Waals surface area contributed by atoms with E-state index in [1.165, 1.54) is 0 Å². The normalized spacial score (nSPS) is 24.1. The highest BCUT2D eigenvalue weighted by Gasteiger charge is 2.27. The number of aliphatic hydroxyl groups excluding tert-OH is 1. The Labute approximate surface area is 89.4 Å². The van der Waals surface area contributed by atoms with Crippen molar-refractivity contribution < 1.29 is 5.11 Å². The molecule has 0 unspecified atom stereocenters. The molecule has 1 aliphatic rings. The van der Waals surface area contributed by atoms with E-state index in [4.69, 9.17) is 5.26 Å². The second-order valence-electron chi connectivity index (χ2n) is 4.13. The first kappa shape index (κ1) is 10.0. The molecule has 1 aromatic rings. The van der Waals surface area contributed by atoms with Crippen molar-refractivity contribution in [2.75, 3.05) is 5.32 Å². The molecule has 2 N–H and O–H groups in total. The summed E-state index contributed by atoms with van der Waals surface area (Å²) in [6.45, 7) is 2.00. The predicted molar refractivity (Wildman–Crippen MR) is 58.5 cm³/mol. The summed E-state index contributed by atoms with van der Waals surface area (Å²) in [6, 6.07) is 8.21. The van der Waals surface area contributed by atoms with Gasteiger partial charge in [0, 0.05) is 6.04 Å². The minimum absolute atomic E-state index is 0.169. The quantitative estimate of drug-likeness (QED) is 0.768. The zero-order chi connectivity index (χ0) is 10.8. The molecule has 0 radical (unpaired) electrons. The van der Waals surface area contributed by atoms with E-state index in [-0.39, 0.29) is 6.10 Å². The van der Waals surface area contributed by atoms with Gasteiger partial charge in [0.2, 0.25) is 0 Å². The van der Waals surface area contributed by atoms with E-state index in [2.05, 4.69) is 11.4 Å². The van der Waals surface area contributed by atoms with Gasteiger partial charge in [-0.15, -0.1) is 0 Å². The number of rotatable bonds is 2. The van der Waals surface area contributed by atoms with Crippen LogP contribution in [0.2, 0.25) is 0 Å². The van der Waals surface area contributed by atoms with Gasteiger partial charge in [0.1, 0.15) is 6.07 Å². The fraction of sp³-hybridized carbons (Fsp3) is 0.417. The van der Waals surface area contributed by atoms with Crippen molar-refractivity contribution in [3.8, 4) is 6.07 Å². The molecule has 0 bridgehead atoms. The first-order valence-electron chi connectivity index (χ1n) is 5.14. The maximum atomic E-state index is 9.17. The van der Waals surface area contributed by atoms with Gasteiger partial charge < -0.3 is 10.4 Å².